The van der Waals surface area contributed by atoms with E-state index in [0.717, 1.165) is 6.07 Å². The van der Waals surface area contributed by atoms with Crippen molar-refractivity contribution in [1.29, 1.82) is 0 Å². The molecule has 0 bridgehead atoms. The molecule has 8 heteroatoms. The molecule has 2 unspecified atom stereocenters. The van der Waals surface area contributed by atoms with Crippen molar-refractivity contribution in [3.05, 3.63) is 29.3 Å². The Kier molecular flexibility index (Phi) is 8.41. The van der Waals surface area contributed by atoms with Crippen LogP contribution in [0.25, 0.3) is 0 Å². The van der Waals surface area contributed by atoms with Crippen LogP contribution in [0.1, 0.15) is 31.4 Å². The highest BCUT2D eigenvalue weighted by Crippen LogP contribution is 2.34. The number of ether oxygens (including phenoxy) is 1. The first kappa shape index (κ1) is 21.5. The van der Waals surface area contributed by atoms with E-state index in [9.17, 15) is 18.0 Å². The van der Waals surface area contributed by atoms with E-state index in [0.29, 0.717) is 6.42 Å². The minimum atomic E-state index is -4.52. The summed E-state index contributed by atoms with van der Waals surface area (Å²) in [6.07, 6.45) is -3.81. The van der Waals surface area contributed by atoms with E-state index in [4.69, 9.17) is 10.5 Å². The molecule has 0 heterocycles. The van der Waals surface area contributed by atoms with Gasteiger partial charge in [0.2, 0.25) is 5.91 Å². The second kappa shape index (κ2) is 8.98. The number of carbonyl (C=O) groups is 1. The Morgan fingerprint density at radius 2 is 2.00 bits per heavy atom. The smallest absolute Gasteiger partial charge is 0.416 e. The van der Waals surface area contributed by atoms with Gasteiger partial charge in [0, 0.05) is 6.54 Å². The summed E-state index contributed by atoms with van der Waals surface area (Å²) in [6.45, 7) is 3.48. The van der Waals surface area contributed by atoms with Gasteiger partial charge in [0.25, 0.3) is 0 Å². The summed E-state index contributed by atoms with van der Waals surface area (Å²) in [7, 11) is 1.29. The van der Waals surface area contributed by atoms with Crippen LogP contribution in [0.3, 0.4) is 0 Å². The number of carbonyl (C=O) groups excluding carboxylic acids is 1. The Bertz CT molecular complexity index is 524. The van der Waals surface area contributed by atoms with Crippen molar-refractivity contribution in [2.24, 2.45) is 11.7 Å². The fraction of sp³-hybridized carbons (Fsp3) is 0.533. The summed E-state index contributed by atoms with van der Waals surface area (Å²) in [6, 6.07) is 2.88. The molecule has 1 rings (SSSR count). The molecule has 132 valence electrons. The van der Waals surface area contributed by atoms with Crippen LogP contribution in [0.15, 0.2) is 18.2 Å². The minimum absolute atomic E-state index is 0. The number of hydrogen-bond acceptors (Lipinski definition) is 3. The van der Waals surface area contributed by atoms with Gasteiger partial charge in [0.15, 0.2) is 0 Å². The Morgan fingerprint density at radius 1 is 1.39 bits per heavy atom. The molecule has 0 aromatic heterocycles. The molecular weight excluding hydrogens is 333 g/mol. The number of nitrogens with two attached hydrogens (primary N) is 1. The molecule has 0 saturated carbocycles. The topological polar surface area (TPSA) is 64.4 Å². The van der Waals surface area contributed by atoms with Crippen LogP contribution in [0.2, 0.25) is 0 Å². The molecule has 1 amide bonds. The predicted molar refractivity (Wildman–Crippen MR) is 84.5 cm³/mol. The number of alkyl halides is 3. The zero-order valence-electron chi connectivity index (χ0n) is 13.2. The lowest BCUT2D eigenvalue weighted by Crippen LogP contribution is -2.44. The third kappa shape index (κ3) is 5.91. The zero-order chi connectivity index (χ0) is 16.9. The molecule has 0 spiro atoms. The van der Waals surface area contributed by atoms with Crippen LogP contribution < -0.4 is 15.8 Å². The highest BCUT2D eigenvalue weighted by Gasteiger charge is 2.34. The lowest BCUT2D eigenvalue weighted by molar-refractivity contribution is -0.138. The monoisotopic (exact) mass is 354 g/mol. The van der Waals surface area contributed by atoms with Gasteiger partial charge < -0.3 is 15.8 Å². The summed E-state index contributed by atoms with van der Waals surface area (Å²) < 4.78 is 43.9. The van der Waals surface area contributed by atoms with Crippen LogP contribution in [-0.2, 0) is 17.5 Å². The first-order valence-electron chi connectivity index (χ1n) is 6.98. The van der Waals surface area contributed by atoms with E-state index in [1.165, 1.54) is 19.2 Å². The quantitative estimate of drug-likeness (QED) is 0.825. The summed E-state index contributed by atoms with van der Waals surface area (Å²) in [5, 5.41) is 2.46. The largest absolute Gasteiger partial charge is 0.497 e. The molecule has 0 saturated heterocycles. The van der Waals surface area contributed by atoms with Gasteiger partial charge >= 0.3 is 6.18 Å². The van der Waals surface area contributed by atoms with Crippen molar-refractivity contribution in [3.63, 3.8) is 0 Å². The highest BCUT2D eigenvalue weighted by atomic mass is 35.5. The summed E-state index contributed by atoms with van der Waals surface area (Å²) in [4.78, 5) is 11.9. The first-order valence-corrected chi connectivity index (χ1v) is 6.98. The van der Waals surface area contributed by atoms with E-state index in [1.54, 1.807) is 0 Å². The van der Waals surface area contributed by atoms with E-state index >= 15 is 0 Å². The average Bonchev–Trinajstić information content (AvgIpc) is 2.49. The standard InChI is InChI=1S/C15H21F3N2O2.ClH/c1-4-9(2)13(19)14(21)20-8-10-5-6-11(22-3)7-12(10)15(16,17)18;/h5-7,9,13H,4,8,19H2,1-3H3,(H,20,21);1H. The molecule has 0 aliphatic rings. The maximum absolute atomic E-state index is 13.0. The lowest BCUT2D eigenvalue weighted by atomic mass is 9.99. The maximum atomic E-state index is 13.0. The van der Waals surface area contributed by atoms with Gasteiger partial charge in [-0.2, -0.15) is 13.2 Å². The van der Waals surface area contributed by atoms with Crippen molar-refractivity contribution in [2.45, 2.75) is 39.0 Å². The molecule has 1 aromatic rings. The molecular formula is C15H22ClF3N2O2. The fourth-order valence-corrected chi connectivity index (χ4v) is 1.91. The van der Waals surface area contributed by atoms with Gasteiger partial charge in [-0.15, -0.1) is 12.4 Å². The number of nitrogens with one attached hydrogen (secondary N) is 1. The van der Waals surface area contributed by atoms with Crippen LogP contribution in [0.4, 0.5) is 13.2 Å². The molecule has 2 atom stereocenters. The molecule has 0 fully saturated rings. The van der Waals surface area contributed by atoms with Gasteiger partial charge in [-0.3, -0.25) is 4.79 Å². The van der Waals surface area contributed by atoms with Gasteiger partial charge in [-0.1, -0.05) is 26.3 Å². The van der Waals surface area contributed by atoms with E-state index in [2.05, 4.69) is 5.32 Å². The molecule has 0 radical (unpaired) electrons. The molecule has 0 aliphatic carbocycles. The molecule has 1 aromatic carbocycles. The third-order valence-electron chi connectivity index (χ3n) is 3.64. The van der Waals surface area contributed by atoms with Crippen molar-refractivity contribution < 1.29 is 22.7 Å². The Hall–Kier alpha value is -1.47. The minimum Gasteiger partial charge on any atom is -0.497 e. The van der Waals surface area contributed by atoms with E-state index in [1.807, 2.05) is 13.8 Å². The number of halogens is 4. The van der Waals surface area contributed by atoms with Crippen molar-refractivity contribution in [2.75, 3.05) is 7.11 Å². The van der Waals surface area contributed by atoms with Crippen molar-refractivity contribution in [1.82, 2.24) is 5.32 Å². The number of rotatable bonds is 6. The highest BCUT2D eigenvalue weighted by molar-refractivity contribution is 5.85. The van der Waals surface area contributed by atoms with Gasteiger partial charge in [0.05, 0.1) is 18.7 Å². The number of methoxy groups -OCH3 is 1. The average molecular weight is 355 g/mol. The van der Waals surface area contributed by atoms with Gasteiger partial charge in [-0.25, -0.2) is 0 Å². The predicted octanol–water partition coefficient (Wildman–Crippen LogP) is 3.13. The number of hydrogen-bond donors (Lipinski definition) is 2. The van der Waals surface area contributed by atoms with Gasteiger partial charge in [0.1, 0.15) is 5.75 Å². The summed E-state index contributed by atoms with van der Waals surface area (Å²) in [5.74, 6) is -0.394. The lowest BCUT2D eigenvalue weighted by Gasteiger charge is -2.19. The number of amides is 1. The SMILES string of the molecule is CCC(C)C(N)C(=O)NCc1ccc(OC)cc1C(F)(F)F.Cl. The van der Waals surface area contributed by atoms with Crippen molar-refractivity contribution >= 4 is 18.3 Å². The van der Waals surface area contributed by atoms with Crippen LogP contribution in [0, 0.1) is 5.92 Å². The molecule has 23 heavy (non-hydrogen) atoms. The van der Waals surface area contributed by atoms with E-state index in [-0.39, 0.29) is 36.2 Å². The third-order valence-corrected chi connectivity index (χ3v) is 3.64. The van der Waals surface area contributed by atoms with Crippen LogP contribution >= 0.6 is 12.4 Å². The van der Waals surface area contributed by atoms with Crippen molar-refractivity contribution in [3.8, 4) is 5.75 Å². The summed E-state index contributed by atoms with van der Waals surface area (Å²) in [5.41, 5.74) is 4.89. The normalized spacial score (nSPS) is 13.7. The maximum Gasteiger partial charge on any atom is 0.416 e. The second-order valence-electron chi connectivity index (χ2n) is 5.15. The fourth-order valence-electron chi connectivity index (χ4n) is 1.91. The first-order chi connectivity index (χ1) is 10.2. The molecule has 4 nitrogen and oxygen atoms in total. The summed E-state index contributed by atoms with van der Waals surface area (Å²) >= 11 is 0. The Balaban J connectivity index is 0.00000484. The Labute approximate surface area is 140 Å². The molecule has 0 aliphatic heterocycles. The van der Waals surface area contributed by atoms with E-state index < -0.39 is 23.7 Å². The Morgan fingerprint density at radius 3 is 2.48 bits per heavy atom. The second-order valence-corrected chi connectivity index (χ2v) is 5.15. The zero-order valence-corrected chi connectivity index (χ0v) is 14.1. The molecule has 3 N–H and O–H groups in total. The number of benzene rings is 1. The van der Waals surface area contributed by atoms with Crippen LogP contribution in [-0.4, -0.2) is 19.1 Å². The van der Waals surface area contributed by atoms with Gasteiger partial charge in [-0.05, 0) is 23.6 Å². The van der Waals surface area contributed by atoms with Crippen LogP contribution in [0.5, 0.6) is 5.75 Å².